The summed E-state index contributed by atoms with van der Waals surface area (Å²) in [6.07, 6.45) is 6.24. The van der Waals surface area contributed by atoms with Crippen molar-refractivity contribution in [2.45, 2.75) is 64.4 Å². The van der Waals surface area contributed by atoms with E-state index in [0.29, 0.717) is 18.9 Å². The van der Waals surface area contributed by atoms with Crippen LogP contribution < -0.4 is 4.74 Å². The van der Waals surface area contributed by atoms with Gasteiger partial charge in [0.15, 0.2) is 0 Å². The molecule has 1 aliphatic heterocycles. The van der Waals surface area contributed by atoms with Crippen molar-refractivity contribution in [3.8, 4) is 5.75 Å². The van der Waals surface area contributed by atoms with Crippen molar-refractivity contribution in [1.82, 2.24) is 4.90 Å². The van der Waals surface area contributed by atoms with Crippen molar-refractivity contribution in [3.63, 3.8) is 0 Å². The van der Waals surface area contributed by atoms with Gasteiger partial charge in [0.1, 0.15) is 5.75 Å². The van der Waals surface area contributed by atoms with Gasteiger partial charge in [0, 0.05) is 19.5 Å². The minimum atomic E-state index is -0.388. The van der Waals surface area contributed by atoms with Crippen LogP contribution in [0.15, 0.2) is 18.2 Å². The van der Waals surface area contributed by atoms with E-state index in [0.717, 1.165) is 62.9 Å². The third kappa shape index (κ3) is 4.55. The Hall–Kier alpha value is -1.55. The number of aryl methyl sites for hydroxylation is 2. The number of carbonyl (C=O) groups excluding carboxylic acids is 1. The molecule has 2 fully saturated rings. The molecule has 4 heteroatoms. The number of aliphatic hydroxyl groups is 1. The molecule has 1 amide bonds. The Kier molecular flexibility index (Phi) is 5.67. The molecule has 1 aromatic carbocycles. The Labute approximate surface area is 151 Å². The molecule has 1 N–H and O–H groups in total. The Morgan fingerprint density at radius 1 is 1.32 bits per heavy atom. The van der Waals surface area contributed by atoms with E-state index in [1.54, 1.807) is 0 Å². The number of hydrogen-bond donors (Lipinski definition) is 1. The van der Waals surface area contributed by atoms with E-state index in [2.05, 4.69) is 19.1 Å². The fourth-order valence-corrected chi connectivity index (χ4v) is 3.99. The highest BCUT2D eigenvalue weighted by molar-refractivity contribution is 5.76. The zero-order valence-electron chi connectivity index (χ0n) is 15.6. The summed E-state index contributed by atoms with van der Waals surface area (Å²) in [6, 6.07) is 6.30. The molecule has 1 aromatic rings. The van der Waals surface area contributed by atoms with Crippen LogP contribution >= 0.6 is 0 Å². The van der Waals surface area contributed by atoms with Crippen LogP contribution in [-0.2, 0) is 11.2 Å². The molecule has 1 heterocycles. The monoisotopic (exact) mass is 345 g/mol. The van der Waals surface area contributed by atoms with Crippen LogP contribution in [0, 0.1) is 12.8 Å². The van der Waals surface area contributed by atoms with Gasteiger partial charge in [0.25, 0.3) is 0 Å². The molecule has 1 aliphatic carbocycles. The molecule has 2 aliphatic rings. The van der Waals surface area contributed by atoms with Gasteiger partial charge in [0.05, 0.1) is 12.2 Å². The lowest BCUT2D eigenvalue weighted by molar-refractivity contribution is -0.133. The number of carbonyl (C=O) groups is 1. The molecule has 0 unspecified atom stereocenters. The number of likely N-dealkylation sites (tertiary alicyclic amines) is 1. The van der Waals surface area contributed by atoms with Crippen LogP contribution in [0.2, 0.25) is 0 Å². The first-order valence-corrected chi connectivity index (χ1v) is 9.74. The highest BCUT2D eigenvalue weighted by Gasteiger charge is 2.48. The van der Waals surface area contributed by atoms with Crippen LogP contribution in [-0.4, -0.2) is 41.2 Å². The minimum Gasteiger partial charge on any atom is -0.494 e. The maximum absolute atomic E-state index is 12.4. The second kappa shape index (κ2) is 7.77. The molecule has 0 atom stereocenters. The van der Waals surface area contributed by atoms with E-state index in [-0.39, 0.29) is 11.5 Å². The first-order chi connectivity index (χ1) is 12.0. The summed E-state index contributed by atoms with van der Waals surface area (Å²) in [5.74, 6) is 1.62. The third-order valence-electron chi connectivity index (χ3n) is 5.77. The first kappa shape index (κ1) is 18.2. The Morgan fingerprint density at radius 2 is 2.04 bits per heavy atom. The Balaban J connectivity index is 1.40. The van der Waals surface area contributed by atoms with Crippen LogP contribution in [0.1, 0.15) is 56.6 Å². The summed E-state index contributed by atoms with van der Waals surface area (Å²) >= 11 is 0. The van der Waals surface area contributed by atoms with E-state index in [9.17, 15) is 9.90 Å². The molecule has 25 heavy (non-hydrogen) atoms. The first-order valence-electron chi connectivity index (χ1n) is 9.74. The van der Waals surface area contributed by atoms with Gasteiger partial charge in [-0.05, 0) is 75.5 Å². The summed E-state index contributed by atoms with van der Waals surface area (Å²) in [6.45, 7) is 6.37. The van der Waals surface area contributed by atoms with Crippen LogP contribution in [0.4, 0.5) is 0 Å². The maximum atomic E-state index is 12.4. The standard InChI is InChI=1S/C21H31NO3/c1-3-25-19-8-7-17(15-16(19)2)5-4-6-20(23)22-13-9-18(10-14-22)21(24)11-12-21/h7-8,15,18,24H,3-6,9-14H2,1-2H3. The van der Waals surface area contributed by atoms with Gasteiger partial charge in [-0.1, -0.05) is 12.1 Å². The maximum Gasteiger partial charge on any atom is 0.222 e. The number of benzene rings is 1. The van der Waals surface area contributed by atoms with E-state index in [4.69, 9.17) is 4.74 Å². The molecular weight excluding hydrogens is 314 g/mol. The fourth-order valence-electron chi connectivity index (χ4n) is 3.99. The average molecular weight is 345 g/mol. The zero-order valence-corrected chi connectivity index (χ0v) is 15.6. The number of nitrogens with zero attached hydrogens (tertiary/aromatic N) is 1. The molecule has 0 bridgehead atoms. The second-order valence-electron chi connectivity index (χ2n) is 7.65. The summed E-state index contributed by atoms with van der Waals surface area (Å²) in [5, 5.41) is 10.2. The highest BCUT2D eigenvalue weighted by Crippen LogP contribution is 2.46. The van der Waals surface area contributed by atoms with Crippen LogP contribution in [0.3, 0.4) is 0 Å². The summed E-state index contributed by atoms with van der Waals surface area (Å²) in [7, 11) is 0. The molecular formula is C21H31NO3. The molecule has 3 rings (SSSR count). The minimum absolute atomic E-state index is 0.267. The molecule has 138 valence electrons. The van der Waals surface area contributed by atoms with E-state index >= 15 is 0 Å². The van der Waals surface area contributed by atoms with Crippen molar-refractivity contribution >= 4 is 5.91 Å². The normalized spacial score (nSPS) is 19.7. The van der Waals surface area contributed by atoms with Gasteiger partial charge in [-0.2, -0.15) is 0 Å². The molecule has 0 aromatic heterocycles. The van der Waals surface area contributed by atoms with Crippen molar-refractivity contribution in [2.24, 2.45) is 5.92 Å². The van der Waals surface area contributed by atoms with E-state index < -0.39 is 0 Å². The zero-order chi connectivity index (χ0) is 17.9. The fraction of sp³-hybridized carbons (Fsp3) is 0.667. The smallest absolute Gasteiger partial charge is 0.222 e. The van der Waals surface area contributed by atoms with Crippen molar-refractivity contribution in [1.29, 1.82) is 0 Å². The van der Waals surface area contributed by atoms with E-state index in [1.165, 1.54) is 5.56 Å². The SMILES string of the molecule is CCOc1ccc(CCCC(=O)N2CCC(C3(O)CC3)CC2)cc1C. The van der Waals surface area contributed by atoms with Crippen LogP contribution in [0.5, 0.6) is 5.75 Å². The predicted octanol–water partition coefficient (Wildman–Crippen LogP) is 3.48. The van der Waals surface area contributed by atoms with Crippen molar-refractivity contribution in [3.05, 3.63) is 29.3 Å². The topological polar surface area (TPSA) is 49.8 Å². The van der Waals surface area contributed by atoms with Crippen LogP contribution in [0.25, 0.3) is 0 Å². The number of amides is 1. The van der Waals surface area contributed by atoms with Gasteiger partial charge in [-0.3, -0.25) is 4.79 Å². The molecule has 1 saturated heterocycles. The average Bonchev–Trinajstić information content (AvgIpc) is 3.36. The van der Waals surface area contributed by atoms with E-state index in [1.807, 2.05) is 17.9 Å². The summed E-state index contributed by atoms with van der Waals surface area (Å²) in [5.41, 5.74) is 2.04. The Bertz CT molecular complexity index is 601. The van der Waals surface area contributed by atoms with Crippen molar-refractivity contribution in [2.75, 3.05) is 19.7 Å². The lowest BCUT2D eigenvalue weighted by Crippen LogP contribution is -2.41. The predicted molar refractivity (Wildman–Crippen MR) is 98.8 cm³/mol. The van der Waals surface area contributed by atoms with Gasteiger partial charge in [0.2, 0.25) is 5.91 Å². The van der Waals surface area contributed by atoms with Gasteiger partial charge < -0.3 is 14.7 Å². The molecule has 1 saturated carbocycles. The Morgan fingerprint density at radius 3 is 2.64 bits per heavy atom. The largest absolute Gasteiger partial charge is 0.494 e. The quantitative estimate of drug-likeness (QED) is 0.823. The number of piperidine rings is 1. The molecule has 4 nitrogen and oxygen atoms in total. The molecule has 0 spiro atoms. The number of hydrogen-bond acceptors (Lipinski definition) is 3. The lowest BCUT2D eigenvalue weighted by Gasteiger charge is -2.34. The van der Waals surface area contributed by atoms with Gasteiger partial charge >= 0.3 is 0 Å². The molecule has 0 radical (unpaired) electrons. The summed E-state index contributed by atoms with van der Waals surface area (Å²) in [4.78, 5) is 14.4. The van der Waals surface area contributed by atoms with Gasteiger partial charge in [-0.25, -0.2) is 0 Å². The third-order valence-corrected chi connectivity index (χ3v) is 5.77. The number of rotatable bonds is 7. The summed E-state index contributed by atoms with van der Waals surface area (Å²) < 4.78 is 5.57. The lowest BCUT2D eigenvalue weighted by atomic mass is 9.89. The highest BCUT2D eigenvalue weighted by atomic mass is 16.5. The van der Waals surface area contributed by atoms with Gasteiger partial charge in [-0.15, -0.1) is 0 Å². The van der Waals surface area contributed by atoms with Crippen molar-refractivity contribution < 1.29 is 14.6 Å². The number of ether oxygens (including phenoxy) is 1. The second-order valence-corrected chi connectivity index (χ2v) is 7.65.